The molecule has 1 unspecified atom stereocenters. The second-order valence-corrected chi connectivity index (χ2v) is 3.46. The van der Waals surface area contributed by atoms with E-state index in [1.165, 1.54) is 5.57 Å². The maximum atomic E-state index is 5.67. The summed E-state index contributed by atoms with van der Waals surface area (Å²) in [6.07, 6.45) is 4.55. The van der Waals surface area contributed by atoms with Crippen molar-refractivity contribution in [3.63, 3.8) is 0 Å². The highest BCUT2D eigenvalue weighted by Crippen LogP contribution is 2.10. The number of aryl methyl sites for hydroxylation is 1. The summed E-state index contributed by atoms with van der Waals surface area (Å²) in [7, 11) is 0. The Labute approximate surface area is 78.7 Å². The molecule has 72 valence electrons. The molecule has 0 amide bonds. The number of nitrogens with zero attached hydrogens (tertiary/aromatic N) is 1. The average Bonchev–Trinajstić information content (AvgIpc) is 2.33. The Bertz CT molecular complexity index is 300. The summed E-state index contributed by atoms with van der Waals surface area (Å²) in [5, 5.41) is 0. The molecule has 0 aliphatic rings. The Hall–Kier alpha value is -1.09. The summed E-state index contributed by atoms with van der Waals surface area (Å²) < 4.78 is 5.08. The number of aromatic nitrogens is 1. The Balaban J connectivity index is 2.65. The molecule has 0 radical (unpaired) electrons. The summed E-state index contributed by atoms with van der Waals surface area (Å²) in [5.74, 6) is 0.694. The molecule has 0 saturated heterocycles. The minimum atomic E-state index is 0.198. The van der Waals surface area contributed by atoms with E-state index in [1.54, 1.807) is 6.26 Å². The van der Waals surface area contributed by atoms with E-state index in [0.717, 1.165) is 12.1 Å². The van der Waals surface area contributed by atoms with Gasteiger partial charge in [-0.2, -0.15) is 0 Å². The first kappa shape index (κ1) is 9.99. The zero-order chi connectivity index (χ0) is 9.84. The van der Waals surface area contributed by atoms with Crippen molar-refractivity contribution in [2.45, 2.75) is 33.2 Å². The number of oxazole rings is 1. The van der Waals surface area contributed by atoms with E-state index < -0.39 is 0 Å². The molecule has 1 atom stereocenters. The lowest BCUT2D eigenvalue weighted by molar-refractivity contribution is 0.521. The summed E-state index contributed by atoms with van der Waals surface area (Å²) >= 11 is 0. The van der Waals surface area contributed by atoms with Crippen molar-refractivity contribution >= 4 is 6.08 Å². The third kappa shape index (κ3) is 3.42. The van der Waals surface area contributed by atoms with Crippen LogP contribution in [0.5, 0.6) is 0 Å². The lowest BCUT2D eigenvalue weighted by atomic mass is 10.1. The van der Waals surface area contributed by atoms with Gasteiger partial charge >= 0.3 is 0 Å². The van der Waals surface area contributed by atoms with Crippen LogP contribution in [0.4, 0.5) is 0 Å². The largest absolute Gasteiger partial charge is 0.449 e. The third-order valence-corrected chi connectivity index (χ3v) is 1.68. The molecule has 0 bridgehead atoms. The monoisotopic (exact) mass is 180 g/mol. The van der Waals surface area contributed by atoms with Crippen LogP contribution in [0, 0.1) is 6.92 Å². The number of rotatable bonds is 3. The van der Waals surface area contributed by atoms with Gasteiger partial charge in [-0.25, -0.2) is 4.98 Å². The molecule has 0 aliphatic heterocycles. The molecular formula is C10H16N2O. The SMILES string of the molecule is C/C(=C\c1coc(C)n1)CC(C)N. The van der Waals surface area contributed by atoms with E-state index in [-0.39, 0.29) is 6.04 Å². The van der Waals surface area contributed by atoms with Gasteiger partial charge in [-0.3, -0.25) is 0 Å². The van der Waals surface area contributed by atoms with Crippen LogP contribution in [0.1, 0.15) is 31.9 Å². The smallest absolute Gasteiger partial charge is 0.191 e. The maximum absolute atomic E-state index is 5.67. The van der Waals surface area contributed by atoms with E-state index >= 15 is 0 Å². The van der Waals surface area contributed by atoms with Crippen LogP contribution in [0.25, 0.3) is 6.08 Å². The maximum Gasteiger partial charge on any atom is 0.191 e. The molecule has 0 aromatic carbocycles. The first-order valence-electron chi connectivity index (χ1n) is 4.43. The fourth-order valence-corrected chi connectivity index (χ4v) is 1.27. The number of nitrogens with two attached hydrogens (primary N) is 1. The summed E-state index contributed by atoms with van der Waals surface area (Å²) in [6, 6.07) is 0.198. The van der Waals surface area contributed by atoms with Gasteiger partial charge in [0.25, 0.3) is 0 Å². The van der Waals surface area contributed by atoms with Crippen molar-refractivity contribution in [2.75, 3.05) is 0 Å². The van der Waals surface area contributed by atoms with E-state index in [2.05, 4.69) is 4.98 Å². The summed E-state index contributed by atoms with van der Waals surface area (Å²) in [6.45, 7) is 5.87. The molecule has 3 heteroatoms. The van der Waals surface area contributed by atoms with Gasteiger partial charge in [-0.05, 0) is 26.3 Å². The first-order valence-corrected chi connectivity index (χ1v) is 4.43. The zero-order valence-electron chi connectivity index (χ0n) is 8.37. The van der Waals surface area contributed by atoms with Gasteiger partial charge in [0.2, 0.25) is 0 Å². The molecule has 13 heavy (non-hydrogen) atoms. The molecule has 0 aliphatic carbocycles. The molecule has 3 nitrogen and oxygen atoms in total. The number of hydrogen-bond donors (Lipinski definition) is 1. The van der Waals surface area contributed by atoms with E-state index in [9.17, 15) is 0 Å². The highest BCUT2D eigenvalue weighted by molar-refractivity contribution is 5.46. The summed E-state index contributed by atoms with van der Waals surface area (Å²) in [4.78, 5) is 4.17. The number of hydrogen-bond acceptors (Lipinski definition) is 3. The van der Waals surface area contributed by atoms with Crippen LogP contribution >= 0.6 is 0 Å². The molecule has 0 spiro atoms. The van der Waals surface area contributed by atoms with Gasteiger partial charge in [0.15, 0.2) is 5.89 Å². The van der Waals surface area contributed by atoms with Gasteiger partial charge in [-0.15, -0.1) is 0 Å². The second-order valence-electron chi connectivity index (χ2n) is 3.46. The van der Waals surface area contributed by atoms with Crippen molar-refractivity contribution in [1.82, 2.24) is 4.98 Å². The van der Waals surface area contributed by atoms with Gasteiger partial charge < -0.3 is 10.2 Å². The van der Waals surface area contributed by atoms with Gasteiger partial charge in [-0.1, -0.05) is 5.57 Å². The van der Waals surface area contributed by atoms with Crippen LogP contribution in [-0.4, -0.2) is 11.0 Å². The Morgan fingerprint density at radius 1 is 1.77 bits per heavy atom. The highest BCUT2D eigenvalue weighted by atomic mass is 16.3. The van der Waals surface area contributed by atoms with E-state index in [0.29, 0.717) is 5.89 Å². The molecule has 0 saturated carbocycles. The van der Waals surface area contributed by atoms with E-state index in [4.69, 9.17) is 10.2 Å². The minimum Gasteiger partial charge on any atom is -0.449 e. The third-order valence-electron chi connectivity index (χ3n) is 1.68. The molecule has 1 aromatic rings. The normalized spacial score (nSPS) is 14.6. The predicted molar refractivity (Wildman–Crippen MR) is 53.2 cm³/mol. The molecular weight excluding hydrogens is 164 g/mol. The fraction of sp³-hybridized carbons (Fsp3) is 0.500. The van der Waals surface area contributed by atoms with Crippen LogP contribution in [-0.2, 0) is 0 Å². The quantitative estimate of drug-likeness (QED) is 0.775. The van der Waals surface area contributed by atoms with Crippen LogP contribution in [0.2, 0.25) is 0 Å². The topological polar surface area (TPSA) is 52.0 Å². The standard InChI is InChI=1S/C10H16N2O/c1-7(4-8(2)11)5-10-6-13-9(3)12-10/h5-6,8H,4,11H2,1-3H3/b7-5+. The second kappa shape index (κ2) is 4.23. The lowest BCUT2D eigenvalue weighted by Gasteiger charge is -2.03. The van der Waals surface area contributed by atoms with Crippen molar-refractivity contribution in [3.05, 3.63) is 23.4 Å². The first-order chi connectivity index (χ1) is 6.08. The molecule has 1 aromatic heterocycles. The van der Waals surface area contributed by atoms with Crippen molar-refractivity contribution in [1.29, 1.82) is 0 Å². The Kier molecular flexibility index (Phi) is 3.25. The summed E-state index contributed by atoms with van der Waals surface area (Å²) in [5.41, 5.74) is 7.76. The molecule has 2 N–H and O–H groups in total. The van der Waals surface area contributed by atoms with Crippen molar-refractivity contribution < 1.29 is 4.42 Å². The average molecular weight is 180 g/mol. The molecule has 0 fully saturated rings. The fourth-order valence-electron chi connectivity index (χ4n) is 1.27. The van der Waals surface area contributed by atoms with Crippen LogP contribution in [0.3, 0.4) is 0 Å². The van der Waals surface area contributed by atoms with Crippen LogP contribution in [0.15, 0.2) is 16.3 Å². The van der Waals surface area contributed by atoms with E-state index in [1.807, 2.05) is 26.8 Å². The van der Waals surface area contributed by atoms with Crippen molar-refractivity contribution in [2.24, 2.45) is 5.73 Å². The van der Waals surface area contributed by atoms with Gasteiger partial charge in [0, 0.05) is 13.0 Å². The van der Waals surface area contributed by atoms with Gasteiger partial charge in [0.05, 0.1) is 0 Å². The zero-order valence-corrected chi connectivity index (χ0v) is 8.37. The molecule has 1 rings (SSSR count). The lowest BCUT2D eigenvalue weighted by Crippen LogP contribution is -2.14. The minimum absolute atomic E-state index is 0.198. The molecule has 1 heterocycles. The Morgan fingerprint density at radius 2 is 2.46 bits per heavy atom. The predicted octanol–water partition coefficient (Wildman–Crippen LogP) is 2.12. The highest BCUT2D eigenvalue weighted by Gasteiger charge is 1.99. The van der Waals surface area contributed by atoms with Crippen LogP contribution < -0.4 is 5.73 Å². The Morgan fingerprint density at radius 3 is 2.92 bits per heavy atom. The van der Waals surface area contributed by atoms with Gasteiger partial charge in [0.1, 0.15) is 12.0 Å². The van der Waals surface area contributed by atoms with Crippen molar-refractivity contribution in [3.8, 4) is 0 Å².